The molecule has 0 saturated carbocycles. The number of nitrogens with one attached hydrogen (secondary N) is 2. The van der Waals surface area contributed by atoms with Crippen LogP contribution in [-0.4, -0.2) is 53.7 Å². The Hall–Kier alpha value is -3.96. The van der Waals surface area contributed by atoms with E-state index in [0.717, 1.165) is 11.3 Å². The second kappa shape index (κ2) is 11.2. The van der Waals surface area contributed by atoms with Gasteiger partial charge in [-0.3, -0.25) is 24.7 Å². The lowest BCUT2D eigenvalue weighted by Gasteiger charge is -2.23. The molecule has 188 valence electrons. The lowest BCUT2D eigenvalue weighted by molar-refractivity contribution is -0.123. The van der Waals surface area contributed by atoms with E-state index < -0.39 is 5.41 Å². The highest BCUT2D eigenvalue weighted by atomic mass is 16.2. The fourth-order valence-corrected chi connectivity index (χ4v) is 3.54. The average molecular weight is 488 g/mol. The Morgan fingerprint density at radius 2 is 1.81 bits per heavy atom. The van der Waals surface area contributed by atoms with Crippen molar-refractivity contribution >= 4 is 34.2 Å². The van der Waals surface area contributed by atoms with Crippen LogP contribution in [0.2, 0.25) is 0 Å². The van der Waals surface area contributed by atoms with Crippen LogP contribution in [0.4, 0.5) is 11.6 Å². The summed E-state index contributed by atoms with van der Waals surface area (Å²) in [6.45, 7) is 6.88. The molecular weight excluding hydrogens is 454 g/mol. The number of rotatable bonds is 9. The predicted octanol–water partition coefficient (Wildman–Crippen LogP) is 3.68. The summed E-state index contributed by atoms with van der Waals surface area (Å²) >= 11 is 0. The third-order valence-electron chi connectivity index (χ3n) is 5.68. The van der Waals surface area contributed by atoms with Gasteiger partial charge in [0.25, 0.3) is 5.56 Å². The number of hydrogen-bond donors (Lipinski definition) is 2. The zero-order valence-electron chi connectivity index (χ0n) is 21.5. The van der Waals surface area contributed by atoms with Gasteiger partial charge in [-0.1, -0.05) is 32.8 Å². The topological polar surface area (TPSA) is 98.4 Å². The number of hydrogen-bond acceptors (Lipinski definition) is 6. The van der Waals surface area contributed by atoms with Crippen LogP contribution in [-0.2, 0) is 11.3 Å². The molecule has 1 aromatic heterocycles. The zero-order valence-corrected chi connectivity index (χ0v) is 21.5. The normalized spacial score (nSPS) is 11.4. The van der Waals surface area contributed by atoms with Crippen LogP contribution in [0, 0.1) is 17.8 Å². The van der Waals surface area contributed by atoms with Crippen LogP contribution < -0.4 is 15.8 Å². The number of nitrogens with zero attached hydrogens (tertiary/aromatic N) is 3. The van der Waals surface area contributed by atoms with Gasteiger partial charge in [0.2, 0.25) is 11.9 Å². The second-order valence-electron chi connectivity index (χ2n) is 10.1. The SMILES string of the molecule is C#CCN(Cc1ccc2nc(NC(=O)C(C)(C)C)[nH]c(=O)c2c1)c1ccc(C(=O)CCN(C)C)cc1. The van der Waals surface area contributed by atoms with Gasteiger partial charge in [-0.25, -0.2) is 4.98 Å². The van der Waals surface area contributed by atoms with E-state index in [-0.39, 0.29) is 23.2 Å². The summed E-state index contributed by atoms with van der Waals surface area (Å²) in [5, 5.41) is 3.08. The number of benzene rings is 2. The van der Waals surface area contributed by atoms with Crippen molar-refractivity contribution in [1.29, 1.82) is 0 Å². The van der Waals surface area contributed by atoms with Gasteiger partial charge in [0.1, 0.15) is 0 Å². The van der Waals surface area contributed by atoms with Gasteiger partial charge >= 0.3 is 0 Å². The zero-order chi connectivity index (χ0) is 26.5. The van der Waals surface area contributed by atoms with E-state index in [1.54, 1.807) is 32.9 Å². The maximum atomic E-state index is 12.7. The molecule has 0 aliphatic carbocycles. The third-order valence-corrected chi connectivity index (χ3v) is 5.68. The Kier molecular flexibility index (Phi) is 8.28. The number of terminal acetylenes is 1. The summed E-state index contributed by atoms with van der Waals surface area (Å²) in [5.41, 5.74) is 1.95. The summed E-state index contributed by atoms with van der Waals surface area (Å²) in [4.78, 5) is 48.4. The Morgan fingerprint density at radius 3 is 2.42 bits per heavy atom. The molecule has 3 rings (SSSR count). The number of carbonyl (C=O) groups excluding carboxylic acids is 2. The van der Waals surface area contributed by atoms with Crippen LogP contribution in [0.3, 0.4) is 0 Å². The van der Waals surface area contributed by atoms with Gasteiger partial charge in [-0.05, 0) is 56.1 Å². The average Bonchev–Trinajstić information content (AvgIpc) is 2.82. The predicted molar refractivity (Wildman–Crippen MR) is 144 cm³/mol. The van der Waals surface area contributed by atoms with Crippen molar-refractivity contribution in [2.24, 2.45) is 5.41 Å². The molecule has 1 heterocycles. The number of anilines is 2. The highest BCUT2D eigenvalue weighted by molar-refractivity contribution is 5.96. The van der Waals surface area contributed by atoms with E-state index in [1.807, 2.05) is 54.2 Å². The fourth-order valence-electron chi connectivity index (χ4n) is 3.54. The maximum Gasteiger partial charge on any atom is 0.260 e. The van der Waals surface area contributed by atoms with Crippen LogP contribution in [0.15, 0.2) is 47.3 Å². The van der Waals surface area contributed by atoms with E-state index in [2.05, 4.69) is 21.2 Å². The number of amides is 1. The van der Waals surface area contributed by atoms with Gasteiger partial charge < -0.3 is 9.80 Å². The van der Waals surface area contributed by atoms with E-state index in [1.165, 1.54) is 0 Å². The molecule has 0 atom stereocenters. The molecule has 0 aliphatic rings. The number of H-pyrrole nitrogens is 1. The molecule has 2 aromatic carbocycles. The fraction of sp³-hybridized carbons (Fsp3) is 0.357. The minimum absolute atomic E-state index is 0.0954. The van der Waals surface area contributed by atoms with Crippen molar-refractivity contribution in [3.8, 4) is 12.3 Å². The summed E-state index contributed by atoms with van der Waals surface area (Å²) < 4.78 is 0. The molecule has 2 N–H and O–H groups in total. The highest BCUT2D eigenvalue weighted by Crippen LogP contribution is 2.21. The van der Waals surface area contributed by atoms with E-state index >= 15 is 0 Å². The summed E-state index contributed by atoms with van der Waals surface area (Å²) in [6.07, 6.45) is 6.08. The number of fused-ring (bicyclic) bond motifs is 1. The number of ketones is 1. The summed E-state index contributed by atoms with van der Waals surface area (Å²) in [5.74, 6) is 2.65. The van der Waals surface area contributed by atoms with Gasteiger partial charge in [0.05, 0.1) is 17.4 Å². The Bertz CT molecular complexity index is 1340. The number of Topliss-reactive ketones (excluding diaryl/α,β-unsaturated/α-hetero) is 1. The molecule has 0 saturated heterocycles. The van der Waals surface area contributed by atoms with Crippen molar-refractivity contribution in [3.05, 3.63) is 63.9 Å². The smallest absolute Gasteiger partial charge is 0.260 e. The largest absolute Gasteiger partial charge is 0.356 e. The van der Waals surface area contributed by atoms with Crippen LogP contribution >= 0.6 is 0 Å². The molecule has 8 heteroatoms. The lowest BCUT2D eigenvalue weighted by Crippen LogP contribution is -2.29. The monoisotopic (exact) mass is 487 g/mol. The Morgan fingerprint density at radius 1 is 1.11 bits per heavy atom. The van der Waals surface area contributed by atoms with Crippen molar-refractivity contribution in [2.45, 2.75) is 33.7 Å². The van der Waals surface area contributed by atoms with Crippen molar-refractivity contribution in [1.82, 2.24) is 14.9 Å². The van der Waals surface area contributed by atoms with Crippen LogP contribution in [0.5, 0.6) is 0 Å². The first-order valence-electron chi connectivity index (χ1n) is 11.8. The second-order valence-corrected chi connectivity index (χ2v) is 10.1. The molecular formula is C28H33N5O3. The highest BCUT2D eigenvalue weighted by Gasteiger charge is 2.22. The lowest BCUT2D eigenvalue weighted by atomic mass is 9.96. The standard InChI is InChI=1S/C28H33N5O3/c1-7-15-33(21-11-9-20(10-12-21)24(34)14-16-32(5)6)18-19-8-13-23-22(17-19)25(35)30-27(29-23)31-26(36)28(2,3)4/h1,8-13,17H,14-16,18H2,2-6H3,(H2,29,30,31,35,36). The molecule has 3 aromatic rings. The molecule has 0 unspecified atom stereocenters. The minimum Gasteiger partial charge on any atom is -0.356 e. The van der Waals surface area contributed by atoms with Gasteiger partial charge in [0.15, 0.2) is 5.78 Å². The number of aromatic amines is 1. The summed E-state index contributed by atoms with van der Waals surface area (Å²) in [7, 11) is 3.88. The van der Waals surface area contributed by atoms with Crippen LogP contribution in [0.25, 0.3) is 10.9 Å². The number of carbonyl (C=O) groups is 2. The molecule has 8 nitrogen and oxygen atoms in total. The van der Waals surface area contributed by atoms with Gasteiger partial charge in [0, 0.05) is 36.2 Å². The molecule has 36 heavy (non-hydrogen) atoms. The van der Waals surface area contributed by atoms with E-state index in [9.17, 15) is 14.4 Å². The first kappa shape index (κ1) is 26.6. The first-order valence-corrected chi connectivity index (χ1v) is 11.8. The van der Waals surface area contributed by atoms with E-state index in [0.29, 0.717) is 42.5 Å². The Balaban J connectivity index is 1.80. The Labute approximate surface area is 211 Å². The molecule has 0 bridgehead atoms. The van der Waals surface area contributed by atoms with Crippen LogP contribution in [0.1, 0.15) is 43.1 Å². The van der Waals surface area contributed by atoms with Crippen molar-refractivity contribution in [2.75, 3.05) is 37.4 Å². The third kappa shape index (κ3) is 6.80. The first-order chi connectivity index (χ1) is 17.0. The van der Waals surface area contributed by atoms with Gasteiger partial charge in [-0.15, -0.1) is 6.42 Å². The molecule has 0 aliphatic heterocycles. The van der Waals surface area contributed by atoms with E-state index in [4.69, 9.17) is 6.42 Å². The van der Waals surface area contributed by atoms with Gasteiger partial charge in [-0.2, -0.15) is 0 Å². The van der Waals surface area contributed by atoms with Crippen molar-refractivity contribution in [3.63, 3.8) is 0 Å². The molecule has 0 radical (unpaired) electrons. The maximum absolute atomic E-state index is 12.7. The number of aromatic nitrogens is 2. The van der Waals surface area contributed by atoms with Crippen molar-refractivity contribution < 1.29 is 9.59 Å². The molecule has 1 amide bonds. The minimum atomic E-state index is -0.615. The molecule has 0 fully saturated rings. The summed E-state index contributed by atoms with van der Waals surface area (Å²) in [6, 6.07) is 12.8. The molecule has 0 spiro atoms. The quantitative estimate of drug-likeness (QED) is 0.353.